The maximum absolute atomic E-state index is 13.4. The molecule has 1 aromatic carbocycles. The number of ether oxygens (including phenoxy) is 5. The zero-order valence-corrected chi connectivity index (χ0v) is 35.8. The molecule has 3 atom stereocenters. The molecule has 14 heteroatoms. The van der Waals surface area contributed by atoms with Crippen LogP contribution >= 0.6 is 7.60 Å². The van der Waals surface area contributed by atoms with E-state index in [9.17, 15) is 18.9 Å². The first-order chi connectivity index (χ1) is 23.8. The number of allylic oxidation sites excluding steroid dienone is 3. The molecule has 0 aliphatic carbocycles. The highest BCUT2D eigenvalue weighted by molar-refractivity contribution is 7.53. The maximum Gasteiger partial charge on any atom is 0.342 e. The van der Waals surface area contributed by atoms with Gasteiger partial charge >= 0.3 is 25.5 Å². The van der Waals surface area contributed by atoms with Crippen LogP contribution in [0.1, 0.15) is 60.7 Å². The van der Waals surface area contributed by atoms with Gasteiger partial charge in [0, 0.05) is 34.4 Å². The van der Waals surface area contributed by atoms with Crippen LogP contribution in [0.2, 0.25) is 51.4 Å². The van der Waals surface area contributed by atoms with Gasteiger partial charge in [0.1, 0.15) is 23.7 Å². The molecule has 2 rings (SSSR count). The number of hydrogen-bond acceptors (Lipinski definition) is 11. The van der Waals surface area contributed by atoms with Crippen molar-refractivity contribution in [1.29, 1.82) is 0 Å². The topological polar surface area (TPSA) is 133 Å². The molecule has 2 unspecified atom stereocenters. The normalized spacial score (nSPS) is 15.9. The van der Waals surface area contributed by atoms with E-state index in [1.165, 1.54) is 14.0 Å². The molecule has 0 saturated heterocycles. The van der Waals surface area contributed by atoms with Gasteiger partial charge in [0.2, 0.25) is 0 Å². The van der Waals surface area contributed by atoms with Crippen molar-refractivity contribution in [2.75, 3.05) is 40.2 Å². The molecule has 0 amide bonds. The van der Waals surface area contributed by atoms with E-state index in [2.05, 4.69) is 39.3 Å². The molecule has 11 nitrogen and oxygen atoms in total. The van der Waals surface area contributed by atoms with E-state index < -0.39 is 47.7 Å². The van der Waals surface area contributed by atoms with Crippen LogP contribution in [0.5, 0.6) is 11.5 Å². The Morgan fingerprint density at radius 3 is 2.22 bits per heavy atom. The summed E-state index contributed by atoms with van der Waals surface area (Å²) >= 11 is 0. The van der Waals surface area contributed by atoms with Gasteiger partial charge in [0.25, 0.3) is 0 Å². The lowest BCUT2D eigenvalue weighted by Crippen LogP contribution is -2.24. The third kappa shape index (κ3) is 14.3. The van der Waals surface area contributed by atoms with Gasteiger partial charge in [-0.25, -0.2) is 9.59 Å². The molecule has 0 radical (unpaired) electrons. The molecule has 0 bridgehead atoms. The fourth-order valence-corrected chi connectivity index (χ4v) is 8.19. The number of rotatable bonds is 22. The molecule has 1 aliphatic heterocycles. The van der Waals surface area contributed by atoms with Crippen molar-refractivity contribution >= 4 is 41.7 Å². The molecule has 0 fully saturated rings. The predicted octanol–water partition coefficient (Wildman–Crippen LogP) is 8.52. The van der Waals surface area contributed by atoms with Gasteiger partial charge in [-0.05, 0) is 64.6 Å². The Bertz CT molecular complexity index is 1470. The Balaban J connectivity index is 2.34. The minimum atomic E-state index is -3.60. The van der Waals surface area contributed by atoms with E-state index >= 15 is 0 Å². The van der Waals surface area contributed by atoms with Crippen molar-refractivity contribution in [2.24, 2.45) is 5.92 Å². The molecular weight excluding hydrogens is 708 g/mol. The molecule has 288 valence electrons. The second-order valence-electron chi connectivity index (χ2n) is 15.3. The number of cyclic esters (lactones) is 1. The summed E-state index contributed by atoms with van der Waals surface area (Å²) in [7, 11) is -3.55. The van der Waals surface area contributed by atoms with Gasteiger partial charge in [-0.2, -0.15) is 0 Å². The third-order valence-electron chi connectivity index (χ3n) is 8.47. The Morgan fingerprint density at radius 1 is 0.980 bits per heavy atom. The molecule has 51 heavy (non-hydrogen) atoms. The van der Waals surface area contributed by atoms with Crippen LogP contribution in [-0.2, 0) is 50.4 Å². The first-order valence-electron chi connectivity index (χ1n) is 17.8. The zero-order chi connectivity index (χ0) is 38.6. The van der Waals surface area contributed by atoms with Crippen molar-refractivity contribution in [3.63, 3.8) is 0 Å². The van der Waals surface area contributed by atoms with Gasteiger partial charge in [0.05, 0.1) is 39.0 Å². The highest BCUT2D eigenvalue weighted by Crippen LogP contribution is 2.49. The van der Waals surface area contributed by atoms with E-state index in [1.807, 2.05) is 19.9 Å². The zero-order valence-electron chi connectivity index (χ0n) is 32.9. The highest BCUT2D eigenvalue weighted by atomic mass is 31.2. The molecule has 1 aliphatic rings. The van der Waals surface area contributed by atoms with Crippen LogP contribution < -0.4 is 9.47 Å². The van der Waals surface area contributed by atoms with Crippen molar-refractivity contribution in [3.8, 4) is 11.5 Å². The Kier molecular flexibility index (Phi) is 17.4. The summed E-state index contributed by atoms with van der Waals surface area (Å²) in [6.45, 7) is 21.7. The number of methoxy groups -OCH3 is 1. The first-order valence-corrected chi connectivity index (χ1v) is 26.9. The van der Waals surface area contributed by atoms with E-state index in [-0.39, 0.29) is 31.8 Å². The van der Waals surface area contributed by atoms with Gasteiger partial charge in [-0.3, -0.25) is 13.9 Å². The van der Waals surface area contributed by atoms with Crippen LogP contribution in [0, 0.1) is 12.8 Å². The molecule has 0 aromatic heterocycles. The SMILES string of the molecule is CCOC(=O)[C@H](C)OP(=O)(CC/C=C/C(CC(C)=CCc1c(OC)c(C)c2c(c1OCC[Si](C)(C)C)C(=O)OC2)C(=O)OCC[Si](C)(C)C)OC. The second-order valence-corrected chi connectivity index (χ2v) is 28.8. The Hall–Kier alpha value is -2.71. The number of benzene rings is 1. The van der Waals surface area contributed by atoms with Gasteiger partial charge < -0.3 is 28.2 Å². The molecule has 0 N–H and O–H groups in total. The lowest BCUT2D eigenvalue weighted by molar-refractivity contribution is -0.151. The van der Waals surface area contributed by atoms with Gasteiger partial charge in [-0.1, -0.05) is 63.1 Å². The van der Waals surface area contributed by atoms with Crippen LogP contribution in [0.4, 0.5) is 0 Å². The minimum Gasteiger partial charge on any atom is -0.496 e. The summed E-state index contributed by atoms with van der Waals surface area (Å²) in [6, 6.07) is 1.77. The lowest BCUT2D eigenvalue weighted by atomic mass is 9.93. The summed E-state index contributed by atoms with van der Waals surface area (Å²) < 4.78 is 52.2. The molecule has 0 saturated carbocycles. The quantitative estimate of drug-likeness (QED) is 0.0370. The summed E-state index contributed by atoms with van der Waals surface area (Å²) in [6.07, 6.45) is 5.59. The Morgan fingerprint density at radius 2 is 1.63 bits per heavy atom. The standard InChI is InChI=1S/C37H61O11PSi2/c1-13-44-35(38)28(4)48-49(41,43-6)21-15-14-16-29(36(39)46-20-23-51(10,11)12)24-26(2)17-18-30-33(42-5)27(3)31-25-47-37(40)32(31)34(30)45-19-22-50(7,8)9/h14,16-17,28-29H,13,15,18-25H2,1-12H3/b16-14+,26-17?/t28-,29?,49?/m0/s1. The average molecular weight is 769 g/mol. The van der Waals surface area contributed by atoms with E-state index in [0.717, 1.165) is 34.4 Å². The third-order valence-corrected chi connectivity index (χ3v) is 13.9. The van der Waals surface area contributed by atoms with E-state index in [0.29, 0.717) is 43.1 Å². The van der Waals surface area contributed by atoms with Crippen molar-refractivity contribution in [3.05, 3.63) is 46.1 Å². The average Bonchev–Trinajstić information content (AvgIpc) is 3.42. The number of fused-ring (bicyclic) bond motifs is 1. The summed E-state index contributed by atoms with van der Waals surface area (Å²) in [5.41, 5.74) is 3.79. The monoisotopic (exact) mass is 768 g/mol. The summed E-state index contributed by atoms with van der Waals surface area (Å²) in [5, 5.41) is 0. The fraction of sp³-hybridized carbons (Fsp3) is 0.649. The van der Waals surface area contributed by atoms with Gasteiger partial charge in [0.15, 0.2) is 6.10 Å². The number of esters is 3. The second kappa shape index (κ2) is 19.9. The lowest BCUT2D eigenvalue weighted by Gasteiger charge is -2.22. The predicted molar refractivity (Wildman–Crippen MR) is 206 cm³/mol. The summed E-state index contributed by atoms with van der Waals surface area (Å²) in [4.78, 5) is 38.3. The van der Waals surface area contributed by atoms with E-state index in [4.69, 9.17) is 32.7 Å². The number of carbonyl (C=O) groups excluding carboxylic acids is 3. The molecule has 1 aromatic rings. The number of hydrogen-bond donors (Lipinski definition) is 0. The van der Waals surface area contributed by atoms with Crippen molar-refractivity contribution in [2.45, 2.75) is 111 Å². The Labute approximate surface area is 307 Å². The largest absolute Gasteiger partial charge is 0.496 e. The van der Waals surface area contributed by atoms with Gasteiger partial charge in [-0.15, -0.1) is 0 Å². The minimum absolute atomic E-state index is 0.0103. The number of carbonyl (C=O) groups is 3. The molecule has 0 spiro atoms. The first kappa shape index (κ1) is 44.5. The van der Waals surface area contributed by atoms with Crippen LogP contribution in [0.3, 0.4) is 0 Å². The van der Waals surface area contributed by atoms with Crippen molar-refractivity contribution < 1.29 is 51.7 Å². The van der Waals surface area contributed by atoms with Crippen LogP contribution in [0.15, 0.2) is 23.8 Å². The fourth-order valence-electron chi connectivity index (χ4n) is 5.35. The highest BCUT2D eigenvalue weighted by Gasteiger charge is 2.34. The molecule has 1 heterocycles. The van der Waals surface area contributed by atoms with Crippen LogP contribution in [-0.4, -0.2) is 80.4 Å². The van der Waals surface area contributed by atoms with Crippen molar-refractivity contribution in [1.82, 2.24) is 0 Å². The summed E-state index contributed by atoms with van der Waals surface area (Å²) in [5.74, 6) is -0.805. The molecular formula is C37H61O11PSi2. The van der Waals surface area contributed by atoms with E-state index in [1.54, 1.807) is 26.2 Å². The maximum atomic E-state index is 13.4. The van der Waals surface area contributed by atoms with Crippen LogP contribution in [0.25, 0.3) is 0 Å². The smallest absolute Gasteiger partial charge is 0.342 e.